The summed E-state index contributed by atoms with van der Waals surface area (Å²) < 4.78 is 1.30. The second kappa shape index (κ2) is 5.12. The van der Waals surface area contributed by atoms with Crippen LogP contribution in [0.25, 0.3) is 0 Å². The molecule has 53 heavy (non-hydrogen) atoms. The van der Waals surface area contributed by atoms with Crippen molar-refractivity contribution in [1.82, 2.24) is 19.9 Å². The van der Waals surface area contributed by atoms with Crippen LogP contribution in [0.3, 0.4) is 0 Å². The molecule has 0 radical (unpaired) electrons. The van der Waals surface area contributed by atoms with Crippen LogP contribution in [0.1, 0.15) is 75.7 Å². The van der Waals surface area contributed by atoms with Crippen LogP contribution >= 0.6 is 17.2 Å². The van der Waals surface area contributed by atoms with Crippen LogP contribution in [0.2, 0.25) is 37.5 Å². The van der Waals surface area contributed by atoms with E-state index < -0.39 is 11.7 Å². The molecule has 272 valence electrons. The molecule has 7 unspecified atom stereocenters. The maximum atomic E-state index is 5.33. The van der Waals surface area contributed by atoms with Gasteiger partial charge in [-0.25, -0.2) is 0 Å². The van der Waals surface area contributed by atoms with E-state index in [2.05, 4.69) is 90.7 Å². The van der Waals surface area contributed by atoms with Gasteiger partial charge in [-0.2, -0.15) is 0 Å². The Hall–Kier alpha value is -2.02. The molecule has 4 bridgehead atoms. The first-order chi connectivity index (χ1) is 25.5. The van der Waals surface area contributed by atoms with Crippen molar-refractivity contribution in [3.05, 3.63) is 120 Å². The predicted molar refractivity (Wildman–Crippen MR) is 211 cm³/mol. The fourth-order valence-electron chi connectivity index (χ4n) is 29.2. The van der Waals surface area contributed by atoms with Crippen molar-refractivity contribution in [2.24, 2.45) is 23.7 Å². The summed E-state index contributed by atoms with van der Waals surface area (Å²) >= 11 is 0. The molecule has 2 aromatic carbocycles. The Morgan fingerprint density at radius 3 is 1.58 bits per heavy atom. The van der Waals surface area contributed by atoms with E-state index in [1.54, 1.807) is 11.1 Å². The number of nitrogens with zero attached hydrogens (tertiary/aromatic N) is 4. The van der Waals surface area contributed by atoms with Gasteiger partial charge in [0.2, 0.25) is 0 Å². The molecule has 7 heteroatoms. The first-order valence-corrected chi connectivity index (χ1v) is 29.2. The molecule has 0 amide bonds. The van der Waals surface area contributed by atoms with E-state index >= 15 is 0 Å². The summed E-state index contributed by atoms with van der Waals surface area (Å²) in [5, 5.41) is -0.141. The van der Waals surface area contributed by atoms with Crippen LogP contribution < -0.4 is 0 Å². The van der Waals surface area contributed by atoms with Crippen molar-refractivity contribution in [3.8, 4) is 0 Å². The van der Waals surface area contributed by atoms with Crippen molar-refractivity contribution in [3.63, 3.8) is 0 Å². The number of aromatic nitrogens is 4. The molecular formula is C46H50FeN4P2. The van der Waals surface area contributed by atoms with Crippen molar-refractivity contribution in [2.45, 2.75) is 115 Å². The normalized spacial score (nSPS) is 61.9. The van der Waals surface area contributed by atoms with Gasteiger partial charge in [-0.15, -0.1) is 0 Å². The van der Waals surface area contributed by atoms with Gasteiger partial charge in [0.25, 0.3) is 0 Å². The molecule has 1 spiro atoms. The zero-order valence-electron chi connectivity index (χ0n) is 31.0. The molecule has 2 aromatic heterocycles. The van der Waals surface area contributed by atoms with Gasteiger partial charge in [0.05, 0.1) is 0 Å². The van der Waals surface area contributed by atoms with E-state index in [1.807, 2.05) is 36.9 Å². The van der Waals surface area contributed by atoms with Crippen molar-refractivity contribution in [1.29, 1.82) is 0 Å². The summed E-state index contributed by atoms with van der Waals surface area (Å²) in [6.07, 6.45) is 17.3. The molecule has 10 aliphatic heterocycles. The molecule has 10 saturated heterocycles. The van der Waals surface area contributed by atoms with E-state index in [0.29, 0.717) is 18.1 Å². The Labute approximate surface area is 307 Å². The SMILES string of the molecule is CC(C)(C)P(C[C]12[C]3(c4ccccc4)[C]4(c5ccccc5)[CH]5[C]1(C(P)(c1ncccn1)c1ncccn1)[Fe]54231678[CH]2[CH]1[CH]6[CH]7[CH]28)C1C2CC3CC(C2)CC1C3. The predicted octanol–water partition coefficient (Wildman–Crippen LogP) is 10.8. The van der Waals surface area contributed by atoms with Crippen LogP contribution in [-0.4, -0.2) is 36.9 Å². The standard InChI is InChI=1S/C41H45N4P2.C5H5.Fe/c1-40(2,3)47(37-31-21-27-20-28(23-31)24-32(37)22-27)26-34-35(41(46,38-42-16-10-17-43-38)39-44-18-11-19-45-39)25-33(29-12-6-4-7-13-29)36(34)30-14-8-5-9-15-30;1-2-4-5-3-1;/h4-19,25,27-28,31-32,37H,20-24,26,46H2,1-3H3;1-5H;. The number of rotatable bonds is 8. The topological polar surface area (TPSA) is 51.6 Å². The summed E-state index contributed by atoms with van der Waals surface area (Å²) in [7, 11) is 3.40. The Morgan fingerprint density at radius 1 is 0.660 bits per heavy atom. The van der Waals surface area contributed by atoms with Crippen molar-refractivity contribution < 1.29 is 6.51 Å². The van der Waals surface area contributed by atoms with Crippen molar-refractivity contribution >= 4 is 17.2 Å². The van der Waals surface area contributed by atoms with E-state index in [0.717, 1.165) is 69.9 Å². The molecule has 12 heterocycles. The first-order valence-electron chi connectivity index (χ1n) is 20.9. The zero-order valence-corrected chi connectivity index (χ0v) is 34.2. The Kier molecular flexibility index (Phi) is 2.74. The van der Waals surface area contributed by atoms with Crippen LogP contribution in [-0.2, 0) is 20.3 Å². The fourth-order valence-corrected chi connectivity index (χ4v) is 121. The van der Waals surface area contributed by atoms with Gasteiger partial charge in [0.15, 0.2) is 0 Å². The molecule has 14 fully saturated rings. The Bertz CT molecular complexity index is 2730. The minimum absolute atomic E-state index is 0.209. The number of hydrogen-bond donors (Lipinski definition) is 0. The second-order valence-corrected chi connectivity index (χ2v) is 50.2. The summed E-state index contributed by atoms with van der Waals surface area (Å²) in [6, 6.07) is 28.9. The molecule has 4 saturated carbocycles. The first kappa shape index (κ1) is 28.4. The third-order valence-electron chi connectivity index (χ3n) is 26.1. The molecule has 7 atom stereocenters. The number of hydrogen-bond acceptors (Lipinski definition) is 4. The molecule has 14 aliphatic rings. The van der Waals surface area contributed by atoms with Gasteiger partial charge in [-0.1, -0.05) is 0 Å². The van der Waals surface area contributed by atoms with E-state index in [-0.39, 0.29) is 12.2 Å². The van der Waals surface area contributed by atoms with Crippen molar-refractivity contribution in [2.75, 3.05) is 6.16 Å². The fraction of sp³-hybridized carbons (Fsp3) is 0.565. The molecule has 4 aromatic rings. The summed E-state index contributed by atoms with van der Waals surface area (Å²) in [4.78, 5) is 27.2. The van der Waals surface area contributed by atoms with Gasteiger partial charge in [-0.05, 0) is 0 Å². The van der Waals surface area contributed by atoms with E-state index in [1.165, 1.54) is 38.3 Å². The summed E-state index contributed by atoms with van der Waals surface area (Å²) in [6.45, 7) is 3.12. The van der Waals surface area contributed by atoms with Crippen LogP contribution in [0, 0.1) is 23.7 Å². The van der Waals surface area contributed by atoms with Crippen LogP contribution in [0.15, 0.2) is 97.6 Å². The van der Waals surface area contributed by atoms with Gasteiger partial charge in [0.1, 0.15) is 0 Å². The van der Waals surface area contributed by atoms with Crippen LogP contribution in [0.4, 0.5) is 0 Å². The second-order valence-electron chi connectivity index (χ2n) is 23.4. The average molecular weight is 777 g/mol. The summed E-state index contributed by atoms with van der Waals surface area (Å²) in [5.74, 6) is 5.98. The third kappa shape index (κ3) is 0.883. The Morgan fingerprint density at radius 2 is 1.13 bits per heavy atom. The minimum atomic E-state index is -4.99. The monoisotopic (exact) mass is 776 g/mol. The van der Waals surface area contributed by atoms with Gasteiger partial charge in [0, 0.05) is 0 Å². The summed E-state index contributed by atoms with van der Waals surface area (Å²) in [5.41, 5.74) is 4.48. The molecule has 18 rings (SSSR count). The maximum absolute atomic E-state index is 5.33. The van der Waals surface area contributed by atoms with E-state index in [4.69, 9.17) is 19.9 Å². The van der Waals surface area contributed by atoms with Gasteiger partial charge < -0.3 is 0 Å². The Balaban J connectivity index is 1.03. The molecular weight excluding hydrogens is 726 g/mol. The number of benzene rings is 2. The zero-order chi connectivity index (χ0) is 34.9. The molecule has 4 nitrogen and oxygen atoms in total. The van der Waals surface area contributed by atoms with Crippen LogP contribution in [0.5, 0.6) is 0 Å². The molecule has 0 N–H and O–H groups in total. The molecule has 4 aliphatic carbocycles. The van der Waals surface area contributed by atoms with Gasteiger partial charge in [-0.3, -0.25) is 0 Å². The average Bonchev–Trinajstić information content (AvgIpc) is 4.13. The number of fused-ring (bicyclic) bond motifs is 10. The quantitative estimate of drug-likeness (QED) is 0.132. The van der Waals surface area contributed by atoms with Gasteiger partial charge >= 0.3 is 309 Å². The third-order valence-corrected chi connectivity index (χ3v) is 76.1. The van der Waals surface area contributed by atoms with E-state index in [9.17, 15) is 0 Å².